The number of nitrogens with zero attached hydrogens (tertiary/aromatic N) is 3. The van der Waals surface area contributed by atoms with Crippen LogP contribution in [0.15, 0.2) is 41.4 Å². The molecule has 158 valence electrons. The van der Waals surface area contributed by atoms with Gasteiger partial charge in [-0.05, 0) is 51.0 Å². The van der Waals surface area contributed by atoms with Gasteiger partial charge in [-0.15, -0.1) is 0 Å². The Bertz CT molecular complexity index is 1040. The first-order valence-electron chi connectivity index (χ1n) is 9.85. The summed E-state index contributed by atoms with van der Waals surface area (Å²) in [6.45, 7) is 9.65. The molecule has 1 heterocycles. The molecular formula is C23H26ClN3O3. The van der Waals surface area contributed by atoms with Crippen LogP contribution in [0, 0.1) is 10.1 Å². The molecular weight excluding hydrogens is 402 g/mol. The minimum atomic E-state index is -0.515. The van der Waals surface area contributed by atoms with E-state index in [2.05, 4.69) is 55.8 Å². The standard InChI is InChI=1S/C23H26ClN3O3/c1-6-9-26-20-12-22(30-5)16(10-18(20)15(2)13-23(26,3)4)14-25-17-7-8-19(24)21(11-17)27(28)29/h7-8,10-14H,6,9H2,1-5H3. The van der Waals surface area contributed by atoms with Crippen LogP contribution in [0.25, 0.3) is 5.57 Å². The maximum Gasteiger partial charge on any atom is 0.290 e. The van der Waals surface area contributed by atoms with Gasteiger partial charge in [0.05, 0.1) is 23.3 Å². The van der Waals surface area contributed by atoms with Gasteiger partial charge in [0.2, 0.25) is 0 Å². The van der Waals surface area contributed by atoms with E-state index in [4.69, 9.17) is 16.3 Å². The Morgan fingerprint density at radius 3 is 2.67 bits per heavy atom. The van der Waals surface area contributed by atoms with Gasteiger partial charge in [-0.1, -0.05) is 24.6 Å². The van der Waals surface area contributed by atoms with Crippen LogP contribution in [0.4, 0.5) is 17.1 Å². The number of hydrogen-bond acceptors (Lipinski definition) is 5. The Balaban J connectivity index is 2.06. The number of allylic oxidation sites excluding steroid dienone is 1. The Labute approximate surface area is 182 Å². The van der Waals surface area contributed by atoms with Crippen molar-refractivity contribution in [3.05, 3.63) is 62.7 Å². The molecule has 2 aromatic carbocycles. The zero-order chi connectivity index (χ0) is 22.1. The van der Waals surface area contributed by atoms with E-state index in [9.17, 15) is 10.1 Å². The fraction of sp³-hybridized carbons (Fsp3) is 0.348. The van der Waals surface area contributed by atoms with E-state index in [0.717, 1.165) is 29.8 Å². The van der Waals surface area contributed by atoms with Crippen molar-refractivity contribution in [1.82, 2.24) is 0 Å². The summed E-state index contributed by atoms with van der Waals surface area (Å²) in [6.07, 6.45) is 4.99. The Kier molecular flexibility index (Phi) is 6.17. The molecule has 7 heteroatoms. The molecule has 0 atom stereocenters. The topological polar surface area (TPSA) is 68.0 Å². The lowest BCUT2D eigenvalue weighted by Crippen LogP contribution is -2.45. The largest absolute Gasteiger partial charge is 0.496 e. The molecule has 0 N–H and O–H groups in total. The molecule has 0 amide bonds. The molecule has 30 heavy (non-hydrogen) atoms. The van der Waals surface area contributed by atoms with E-state index < -0.39 is 4.92 Å². The zero-order valence-corrected chi connectivity index (χ0v) is 18.7. The van der Waals surface area contributed by atoms with Crippen LogP contribution in [-0.4, -0.2) is 30.3 Å². The zero-order valence-electron chi connectivity index (χ0n) is 17.9. The van der Waals surface area contributed by atoms with Gasteiger partial charge in [0.25, 0.3) is 5.69 Å². The maximum atomic E-state index is 11.1. The van der Waals surface area contributed by atoms with Crippen LogP contribution in [-0.2, 0) is 0 Å². The summed E-state index contributed by atoms with van der Waals surface area (Å²) >= 11 is 5.89. The lowest BCUT2D eigenvalue weighted by atomic mass is 9.87. The third-order valence-corrected chi connectivity index (χ3v) is 5.58. The molecule has 0 fully saturated rings. The Hall–Kier alpha value is -2.86. The molecule has 0 radical (unpaired) electrons. The summed E-state index contributed by atoms with van der Waals surface area (Å²) in [7, 11) is 1.63. The highest BCUT2D eigenvalue weighted by molar-refractivity contribution is 6.32. The van der Waals surface area contributed by atoms with Crippen LogP contribution >= 0.6 is 11.6 Å². The number of nitro groups is 1. The van der Waals surface area contributed by atoms with Crippen molar-refractivity contribution in [2.24, 2.45) is 4.99 Å². The molecule has 0 spiro atoms. The first-order chi connectivity index (χ1) is 14.2. The lowest BCUT2D eigenvalue weighted by Gasteiger charge is -2.43. The number of rotatable bonds is 6. The number of methoxy groups -OCH3 is 1. The van der Waals surface area contributed by atoms with Crippen LogP contribution in [0.3, 0.4) is 0 Å². The molecule has 0 unspecified atom stereocenters. The summed E-state index contributed by atoms with van der Waals surface area (Å²) < 4.78 is 5.64. The summed E-state index contributed by atoms with van der Waals surface area (Å²) in [6, 6.07) is 8.60. The molecule has 0 aromatic heterocycles. The minimum absolute atomic E-state index is 0.0873. The van der Waals surface area contributed by atoms with Crippen LogP contribution in [0.5, 0.6) is 5.75 Å². The van der Waals surface area contributed by atoms with Gasteiger partial charge in [-0.2, -0.15) is 0 Å². The van der Waals surface area contributed by atoms with Gasteiger partial charge in [-0.3, -0.25) is 15.1 Å². The second-order valence-electron chi connectivity index (χ2n) is 7.89. The predicted octanol–water partition coefficient (Wildman–Crippen LogP) is 6.42. The van der Waals surface area contributed by atoms with E-state index in [1.807, 2.05) is 0 Å². The van der Waals surface area contributed by atoms with Crippen molar-refractivity contribution in [2.45, 2.75) is 39.7 Å². The van der Waals surface area contributed by atoms with Crippen molar-refractivity contribution in [1.29, 1.82) is 0 Å². The highest BCUT2D eigenvalue weighted by Crippen LogP contribution is 2.42. The fourth-order valence-corrected chi connectivity index (χ4v) is 4.08. The number of halogens is 1. The third kappa shape index (κ3) is 4.19. The number of nitro benzene ring substituents is 1. The second kappa shape index (κ2) is 8.48. The highest BCUT2D eigenvalue weighted by Gasteiger charge is 2.31. The predicted molar refractivity (Wildman–Crippen MR) is 124 cm³/mol. The summed E-state index contributed by atoms with van der Waals surface area (Å²) in [5.74, 6) is 0.701. The van der Waals surface area contributed by atoms with Crippen LogP contribution in [0.2, 0.25) is 5.02 Å². The average Bonchev–Trinajstić information content (AvgIpc) is 2.69. The van der Waals surface area contributed by atoms with Crippen molar-refractivity contribution in [3.63, 3.8) is 0 Å². The van der Waals surface area contributed by atoms with Gasteiger partial charge >= 0.3 is 0 Å². The molecule has 1 aliphatic rings. The monoisotopic (exact) mass is 427 g/mol. The third-order valence-electron chi connectivity index (χ3n) is 5.26. The van der Waals surface area contributed by atoms with Gasteiger partial charge in [0.15, 0.2) is 0 Å². The van der Waals surface area contributed by atoms with Gasteiger partial charge in [0, 0.05) is 41.7 Å². The number of anilines is 1. The Morgan fingerprint density at radius 1 is 1.30 bits per heavy atom. The maximum absolute atomic E-state index is 11.1. The van der Waals surface area contributed by atoms with Gasteiger partial charge in [0.1, 0.15) is 10.8 Å². The number of aliphatic imine (C=N–C) groups is 1. The SMILES string of the molecule is CCCN1c2cc(OC)c(C=Nc3ccc(Cl)c([N+](=O)[O-])c3)cc2C(C)=CC1(C)C. The van der Waals surface area contributed by atoms with E-state index in [1.165, 1.54) is 17.7 Å². The molecule has 0 saturated heterocycles. The smallest absolute Gasteiger partial charge is 0.290 e. The number of hydrogen-bond donors (Lipinski definition) is 0. The molecule has 1 aliphatic heterocycles. The van der Waals surface area contributed by atoms with Gasteiger partial charge < -0.3 is 9.64 Å². The normalized spacial score (nSPS) is 15.1. The van der Waals surface area contributed by atoms with E-state index in [0.29, 0.717) is 11.4 Å². The molecule has 6 nitrogen and oxygen atoms in total. The summed E-state index contributed by atoms with van der Waals surface area (Å²) in [5, 5.41) is 11.2. The molecule has 0 bridgehead atoms. The number of ether oxygens (including phenoxy) is 1. The number of benzene rings is 2. The van der Waals surface area contributed by atoms with Crippen molar-refractivity contribution in [3.8, 4) is 5.75 Å². The first-order valence-corrected chi connectivity index (χ1v) is 10.2. The highest BCUT2D eigenvalue weighted by atomic mass is 35.5. The van der Waals surface area contributed by atoms with E-state index in [1.54, 1.807) is 19.4 Å². The second-order valence-corrected chi connectivity index (χ2v) is 8.30. The fourth-order valence-electron chi connectivity index (χ4n) is 3.90. The van der Waals surface area contributed by atoms with Gasteiger partial charge in [-0.25, -0.2) is 0 Å². The van der Waals surface area contributed by atoms with Crippen molar-refractivity contribution < 1.29 is 9.66 Å². The molecule has 3 rings (SSSR count). The number of fused-ring (bicyclic) bond motifs is 1. The summed E-state index contributed by atoms with van der Waals surface area (Å²) in [5.41, 5.74) is 4.46. The molecule has 0 aliphatic carbocycles. The first kappa shape index (κ1) is 21.8. The summed E-state index contributed by atoms with van der Waals surface area (Å²) in [4.78, 5) is 17.4. The average molecular weight is 428 g/mol. The minimum Gasteiger partial charge on any atom is -0.496 e. The van der Waals surface area contributed by atoms with Crippen molar-refractivity contribution >= 4 is 40.5 Å². The van der Waals surface area contributed by atoms with Crippen molar-refractivity contribution in [2.75, 3.05) is 18.6 Å². The quantitative estimate of drug-likeness (QED) is 0.303. The lowest BCUT2D eigenvalue weighted by molar-refractivity contribution is -0.384. The van der Waals surface area contributed by atoms with E-state index in [-0.39, 0.29) is 16.2 Å². The van der Waals surface area contributed by atoms with Crippen LogP contribution in [0.1, 0.15) is 45.2 Å². The van der Waals surface area contributed by atoms with Crippen LogP contribution < -0.4 is 9.64 Å². The Morgan fingerprint density at radius 2 is 2.03 bits per heavy atom. The molecule has 2 aromatic rings. The van der Waals surface area contributed by atoms with E-state index >= 15 is 0 Å². The molecule has 0 saturated carbocycles.